The van der Waals surface area contributed by atoms with E-state index in [1.165, 1.54) is 12.1 Å². The first-order chi connectivity index (χ1) is 8.98. The number of nitrogens with zero attached hydrogens (tertiary/aromatic N) is 1. The Labute approximate surface area is 111 Å². The number of hydrogen-bond donors (Lipinski definition) is 1. The average molecular weight is 290 g/mol. The molecule has 1 fully saturated rings. The summed E-state index contributed by atoms with van der Waals surface area (Å²) in [6.07, 6.45) is 1.73. The number of halogens is 2. The van der Waals surface area contributed by atoms with Gasteiger partial charge >= 0.3 is 5.76 Å². The number of nitrogens with two attached hydrogens (primary N) is 1. The number of benzene rings is 1. The molecule has 1 aromatic carbocycles. The fourth-order valence-corrected chi connectivity index (χ4v) is 3.37. The molecule has 2 N–H and O–H groups in total. The molecule has 106 valence electrons. The van der Waals surface area contributed by atoms with Crippen molar-refractivity contribution in [2.24, 2.45) is 5.73 Å². The number of rotatable bonds is 4. The fourth-order valence-electron chi connectivity index (χ4n) is 2.43. The summed E-state index contributed by atoms with van der Waals surface area (Å²) in [7, 11) is -4.59. The molecule has 0 saturated carbocycles. The van der Waals surface area contributed by atoms with Crippen LogP contribution in [0.3, 0.4) is 0 Å². The smallest absolute Gasteiger partial charge is 0.341 e. The lowest BCUT2D eigenvalue weighted by Crippen LogP contribution is -2.36. The second-order valence-electron chi connectivity index (χ2n) is 4.50. The maximum Gasteiger partial charge on any atom is 0.341 e. The first kappa shape index (κ1) is 14.2. The summed E-state index contributed by atoms with van der Waals surface area (Å²) in [5.74, 6) is -3.41. The van der Waals surface area contributed by atoms with Gasteiger partial charge in [0.05, 0.1) is 10.6 Å². The highest BCUT2D eigenvalue weighted by molar-refractivity contribution is 7.91. The minimum atomic E-state index is -4.59. The maximum absolute atomic E-state index is 12.7. The van der Waals surface area contributed by atoms with E-state index in [-0.39, 0.29) is 10.9 Å². The largest absolute Gasteiger partial charge is 0.366 e. The summed E-state index contributed by atoms with van der Waals surface area (Å²) in [5.41, 5.74) is 5.97. The summed E-state index contributed by atoms with van der Waals surface area (Å²) >= 11 is 0. The van der Waals surface area contributed by atoms with Gasteiger partial charge in [0.25, 0.3) is 0 Å². The van der Waals surface area contributed by atoms with Crippen LogP contribution in [0.25, 0.3) is 0 Å². The van der Waals surface area contributed by atoms with Crippen LogP contribution in [-0.2, 0) is 9.84 Å². The molecule has 1 aliphatic rings. The van der Waals surface area contributed by atoms with Gasteiger partial charge in [-0.3, -0.25) is 0 Å². The molecule has 19 heavy (non-hydrogen) atoms. The van der Waals surface area contributed by atoms with E-state index < -0.39 is 15.6 Å². The topological polar surface area (TPSA) is 63.4 Å². The van der Waals surface area contributed by atoms with Gasteiger partial charge in [0.1, 0.15) is 0 Å². The van der Waals surface area contributed by atoms with E-state index in [2.05, 4.69) is 0 Å². The third-order valence-electron chi connectivity index (χ3n) is 3.36. The molecule has 0 bridgehead atoms. The van der Waals surface area contributed by atoms with Crippen molar-refractivity contribution in [3.05, 3.63) is 24.3 Å². The second-order valence-corrected chi connectivity index (χ2v) is 6.38. The molecule has 1 aliphatic heterocycles. The van der Waals surface area contributed by atoms with Crippen molar-refractivity contribution in [1.82, 2.24) is 0 Å². The van der Waals surface area contributed by atoms with Gasteiger partial charge in [0.15, 0.2) is 0 Å². The van der Waals surface area contributed by atoms with Crippen LogP contribution in [0, 0.1) is 0 Å². The van der Waals surface area contributed by atoms with Crippen molar-refractivity contribution < 1.29 is 17.2 Å². The van der Waals surface area contributed by atoms with Gasteiger partial charge in [-0.25, -0.2) is 8.42 Å². The molecule has 0 spiro atoms. The zero-order valence-corrected chi connectivity index (χ0v) is 11.1. The lowest BCUT2D eigenvalue weighted by Gasteiger charge is -2.27. The van der Waals surface area contributed by atoms with Crippen molar-refractivity contribution in [3.8, 4) is 0 Å². The molecule has 0 radical (unpaired) electrons. The quantitative estimate of drug-likeness (QED) is 0.915. The molecule has 0 amide bonds. The molecule has 2 rings (SSSR count). The lowest BCUT2D eigenvalue weighted by molar-refractivity contribution is 0.235. The molecule has 1 aromatic rings. The average Bonchev–Trinajstić information content (AvgIpc) is 2.86. The van der Waals surface area contributed by atoms with Gasteiger partial charge < -0.3 is 10.6 Å². The maximum atomic E-state index is 12.7. The molecule has 0 aromatic heterocycles. The second kappa shape index (κ2) is 5.42. The predicted octanol–water partition coefficient (Wildman–Crippen LogP) is 1.61. The Morgan fingerprint density at radius 1 is 1.37 bits per heavy atom. The fraction of sp³-hybridized carbons (Fsp3) is 0.500. The minimum absolute atomic E-state index is 0.00835. The molecule has 1 unspecified atom stereocenters. The van der Waals surface area contributed by atoms with Crippen molar-refractivity contribution in [2.75, 3.05) is 18.0 Å². The summed E-state index contributed by atoms with van der Waals surface area (Å²) in [6.45, 7) is 1.01. The van der Waals surface area contributed by atoms with Crippen molar-refractivity contribution in [2.45, 2.75) is 29.5 Å². The third kappa shape index (κ3) is 2.57. The highest BCUT2D eigenvalue weighted by Crippen LogP contribution is 2.33. The third-order valence-corrected chi connectivity index (χ3v) is 4.79. The molecule has 1 heterocycles. The van der Waals surface area contributed by atoms with Crippen LogP contribution in [0.2, 0.25) is 0 Å². The zero-order valence-electron chi connectivity index (χ0n) is 10.3. The monoisotopic (exact) mass is 290 g/mol. The van der Waals surface area contributed by atoms with Gasteiger partial charge in [-0.05, 0) is 25.0 Å². The summed E-state index contributed by atoms with van der Waals surface area (Å²) in [4.78, 5) is 1.50. The molecular formula is C12H16F2N2O2S. The molecule has 1 atom stereocenters. The van der Waals surface area contributed by atoms with Crippen LogP contribution < -0.4 is 10.6 Å². The van der Waals surface area contributed by atoms with Gasteiger partial charge in [-0.2, -0.15) is 8.78 Å². The van der Waals surface area contributed by atoms with Crippen LogP contribution >= 0.6 is 0 Å². The zero-order chi connectivity index (χ0) is 14.0. The Morgan fingerprint density at radius 2 is 2.05 bits per heavy atom. The van der Waals surface area contributed by atoms with Gasteiger partial charge in [0.2, 0.25) is 9.84 Å². The number of sulfone groups is 1. The Balaban J connectivity index is 2.48. The normalized spacial score (nSPS) is 20.2. The standard InChI is InChI=1S/C12H16F2N2O2S/c13-12(14)19(17,18)11-6-2-1-5-10(11)16-7-3-4-9(16)8-15/h1-2,5-6,9,12H,3-4,7-8,15H2. The molecule has 1 saturated heterocycles. The molecule has 0 aliphatic carbocycles. The Bertz CT molecular complexity index is 548. The first-order valence-electron chi connectivity index (χ1n) is 6.06. The van der Waals surface area contributed by atoms with Crippen molar-refractivity contribution >= 4 is 15.5 Å². The van der Waals surface area contributed by atoms with Crippen LogP contribution in [0.5, 0.6) is 0 Å². The predicted molar refractivity (Wildman–Crippen MR) is 69.1 cm³/mol. The lowest BCUT2D eigenvalue weighted by atomic mass is 10.2. The highest BCUT2D eigenvalue weighted by atomic mass is 32.2. The van der Waals surface area contributed by atoms with Crippen molar-refractivity contribution in [1.29, 1.82) is 0 Å². The van der Waals surface area contributed by atoms with Crippen LogP contribution in [0.4, 0.5) is 14.5 Å². The number of anilines is 1. The molecular weight excluding hydrogens is 274 g/mol. The van der Waals surface area contributed by atoms with Crippen LogP contribution in [-0.4, -0.2) is 33.3 Å². The van der Waals surface area contributed by atoms with E-state index in [1.54, 1.807) is 12.1 Å². The van der Waals surface area contributed by atoms with Crippen molar-refractivity contribution in [3.63, 3.8) is 0 Å². The molecule has 7 heteroatoms. The Kier molecular flexibility index (Phi) is 4.05. The number of hydrogen-bond acceptors (Lipinski definition) is 4. The van der Waals surface area contributed by atoms with E-state index in [9.17, 15) is 17.2 Å². The number of para-hydroxylation sites is 1. The summed E-state index contributed by atoms with van der Waals surface area (Å²) < 4.78 is 48.8. The van der Waals surface area contributed by atoms with E-state index in [4.69, 9.17) is 5.73 Å². The first-order valence-corrected chi connectivity index (χ1v) is 7.61. The Hall–Kier alpha value is -1.21. The van der Waals surface area contributed by atoms with Gasteiger partial charge in [0, 0.05) is 19.1 Å². The van der Waals surface area contributed by atoms with Crippen LogP contribution in [0.1, 0.15) is 12.8 Å². The van der Waals surface area contributed by atoms with Gasteiger partial charge in [-0.1, -0.05) is 12.1 Å². The van der Waals surface area contributed by atoms with E-state index in [0.717, 1.165) is 12.8 Å². The number of alkyl halides is 2. The highest BCUT2D eigenvalue weighted by Gasteiger charge is 2.33. The molecule has 4 nitrogen and oxygen atoms in total. The summed E-state index contributed by atoms with van der Waals surface area (Å²) in [5, 5.41) is 0. The minimum Gasteiger partial charge on any atom is -0.366 e. The SMILES string of the molecule is NCC1CCCN1c1ccccc1S(=O)(=O)C(F)F. The van der Waals surface area contributed by atoms with E-state index in [1.807, 2.05) is 4.90 Å². The van der Waals surface area contributed by atoms with Crippen LogP contribution in [0.15, 0.2) is 29.2 Å². The Morgan fingerprint density at radius 3 is 2.68 bits per heavy atom. The van der Waals surface area contributed by atoms with Gasteiger partial charge in [-0.15, -0.1) is 0 Å². The van der Waals surface area contributed by atoms with E-state index in [0.29, 0.717) is 18.8 Å². The summed E-state index contributed by atoms with van der Waals surface area (Å²) in [6, 6.07) is 5.89. The van der Waals surface area contributed by atoms with E-state index >= 15 is 0 Å².